The van der Waals surface area contributed by atoms with Crippen molar-refractivity contribution in [3.05, 3.63) is 16.2 Å². The number of rotatable bonds is 1. The van der Waals surface area contributed by atoms with Gasteiger partial charge in [0.05, 0.1) is 5.69 Å². The number of nitrogens with one attached hydrogen (secondary N) is 2. The molecule has 0 saturated carbocycles. The van der Waals surface area contributed by atoms with Gasteiger partial charge in [0, 0.05) is 0 Å². The average Bonchev–Trinajstić information content (AvgIpc) is 2.10. The normalized spacial score (nSPS) is 10.7. The predicted molar refractivity (Wildman–Crippen MR) is 37.2 cm³/mol. The van der Waals surface area contributed by atoms with Crippen LogP contribution in [0, 0.1) is 0 Å². The third kappa shape index (κ3) is 1.05. The molecule has 0 radical (unpaired) electrons. The lowest BCUT2D eigenvalue weighted by atomic mass is 10.1. The summed E-state index contributed by atoms with van der Waals surface area (Å²) < 4.78 is 0. The van der Waals surface area contributed by atoms with E-state index < -0.39 is 0 Å². The summed E-state index contributed by atoms with van der Waals surface area (Å²) in [7, 11) is 0. The maximum Gasteiger partial charge on any atom is 0.325 e. The van der Waals surface area contributed by atoms with Gasteiger partial charge in [0.15, 0.2) is 0 Å². The number of imidazole rings is 1. The van der Waals surface area contributed by atoms with Gasteiger partial charge < -0.3 is 10.1 Å². The van der Waals surface area contributed by atoms with E-state index in [0.717, 1.165) is 0 Å². The highest BCUT2D eigenvalue weighted by atomic mass is 16.3. The second-order valence-electron chi connectivity index (χ2n) is 2.50. The molecule has 4 heteroatoms. The molecule has 0 saturated heterocycles. The second kappa shape index (κ2) is 2.21. The monoisotopic (exact) mass is 142 g/mol. The molecule has 0 aliphatic rings. The van der Waals surface area contributed by atoms with Crippen molar-refractivity contribution >= 4 is 0 Å². The lowest BCUT2D eigenvalue weighted by molar-refractivity contribution is 0.445. The third-order valence-electron chi connectivity index (χ3n) is 1.31. The van der Waals surface area contributed by atoms with Crippen LogP contribution >= 0.6 is 0 Å². The van der Waals surface area contributed by atoms with E-state index >= 15 is 0 Å². The van der Waals surface area contributed by atoms with Crippen molar-refractivity contribution in [3.63, 3.8) is 0 Å². The van der Waals surface area contributed by atoms with Gasteiger partial charge in [-0.05, 0) is 5.92 Å². The molecular formula is C6H10N2O2. The molecule has 0 unspecified atom stereocenters. The summed E-state index contributed by atoms with van der Waals surface area (Å²) in [6.45, 7) is 3.78. The van der Waals surface area contributed by atoms with Crippen LogP contribution in [0.5, 0.6) is 5.88 Å². The van der Waals surface area contributed by atoms with Crippen molar-refractivity contribution in [1.29, 1.82) is 0 Å². The molecule has 4 nitrogen and oxygen atoms in total. The van der Waals surface area contributed by atoms with Crippen molar-refractivity contribution in [1.82, 2.24) is 9.97 Å². The van der Waals surface area contributed by atoms with E-state index in [2.05, 4.69) is 9.97 Å². The molecular weight excluding hydrogens is 132 g/mol. The Morgan fingerprint density at radius 2 is 2.00 bits per heavy atom. The zero-order chi connectivity index (χ0) is 7.72. The number of aromatic amines is 2. The first-order valence-corrected chi connectivity index (χ1v) is 3.12. The minimum absolute atomic E-state index is 0.0556. The molecule has 0 bridgehead atoms. The predicted octanol–water partition coefficient (Wildman–Crippen LogP) is 0.532. The Hall–Kier alpha value is -1.19. The van der Waals surface area contributed by atoms with Crippen molar-refractivity contribution < 1.29 is 5.11 Å². The number of hydrogen-bond acceptors (Lipinski definition) is 2. The SMILES string of the molecule is CC(C)c1[nH]c(=O)[nH]c1O. The highest BCUT2D eigenvalue weighted by Gasteiger charge is 2.07. The van der Waals surface area contributed by atoms with Crippen LogP contribution in [-0.2, 0) is 0 Å². The lowest BCUT2D eigenvalue weighted by Crippen LogP contribution is -2.01. The second-order valence-corrected chi connectivity index (χ2v) is 2.50. The fourth-order valence-corrected chi connectivity index (χ4v) is 0.805. The first-order valence-electron chi connectivity index (χ1n) is 3.12. The summed E-state index contributed by atoms with van der Waals surface area (Å²) in [5.41, 5.74) is 0.200. The average molecular weight is 142 g/mol. The first-order chi connectivity index (χ1) is 4.61. The van der Waals surface area contributed by atoms with E-state index in [0.29, 0.717) is 5.69 Å². The summed E-state index contributed by atoms with van der Waals surface area (Å²) in [5.74, 6) is 0.0824. The van der Waals surface area contributed by atoms with Crippen molar-refractivity contribution in [2.45, 2.75) is 19.8 Å². The third-order valence-corrected chi connectivity index (χ3v) is 1.31. The van der Waals surface area contributed by atoms with Gasteiger partial charge in [0.25, 0.3) is 0 Å². The van der Waals surface area contributed by atoms with Crippen LogP contribution in [0.2, 0.25) is 0 Å². The van der Waals surface area contributed by atoms with Gasteiger partial charge in [-0.1, -0.05) is 13.8 Å². The highest BCUT2D eigenvalue weighted by molar-refractivity contribution is 5.18. The quantitative estimate of drug-likeness (QED) is 0.535. The van der Waals surface area contributed by atoms with E-state index in [1.54, 1.807) is 0 Å². The molecule has 0 aliphatic heterocycles. The lowest BCUT2D eigenvalue weighted by Gasteiger charge is -1.98. The van der Waals surface area contributed by atoms with Crippen molar-refractivity contribution in [3.8, 4) is 5.88 Å². The standard InChI is InChI=1S/C6H10N2O2/c1-3(2)4-5(9)8-6(10)7-4/h3,9H,1-2H3,(H2,7,8,10). The van der Waals surface area contributed by atoms with E-state index in [1.807, 2.05) is 13.8 Å². The molecule has 0 aliphatic carbocycles. The van der Waals surface area contributed by atoms with Gasteiger partial charge in [-0.2, -0.15) is 0 Å². The number of aromatic nitrogens is 2. The van der Waals surface area contributed by atoms with Crippen molar-refractivity contribution in [2.24, 2.45) is 0 Å². The molecule has 0 spiro atoms. The Morgan fingerprint density at radius 3 is 2.20 bits per heavy atom. The molecule has 1 aromatic heterocycles. The molecule has 1 aromatic rings. The highest BCUT2D eigenvalue weighted by Crippen LogP contribution is 2.17. The first kappa shape index (κ1) is 6.92. The van der Waals surface area contributed by atoms with E-state index in [-0.39, 0.29) is 17.5 Å². The maximum atomic E-state index is 10.5. The van der Waals surface area contributed by atoms with Crippen LogP contribution in [0.15, 0.2) is 4.79 Å². The minimum Gasteiger partial charge on any atom is -0.493 e. The number of aromatic hydroxyl groups is 1. The Kier molecular flexibility index (Phi) is 1.53. The summed E-state index contributed by atoms with van der Waals surface area (Å²) >= 11 is 0. The topological polar surface area (TPSA) is 68.9 Å². The van der Waals surface area contributed by atoms with Gasteiger partial charge >= 0.3 is 5.69 Å². The molecule has 0 aromatic carbocycles. The van der Waals surface area contributed by atoms with Crippen LogP contribution in [-0.4, -0.2) is 15.1 Å². The van der Waals surface area contributed by atoms with Crippen molar-refractivity contribution in [2.75, 3.05) is 0 Å². The van der Waals surface area contributed by atoms with Gasteiger partial charge in [0.2, 0.25) is 5.88 Å². The molecule has 1 rings (SSSR count). The van der Waals surface area contributed by atoms with Crippen LogP contribution in [0.25, 0.3) is 0 Å². The van der Waals surface area contributed by atoms with Crippen LogP contribution in [0.4, 0.5) is 0 Å². The van der Waals surface area contributed by atoms with E-state index in [4.69, 9.17) is 5.11 Å². The summed E-state index contributed by atoms with van der Waals surface area (Å²) in [6.07, 6.45) is 0. The fraction of sp³-hybridized carbons (Fsp3) is 0.500. The van der Waals surface area contributed by atoms with Gasteiger partial charge in [-0.3, -0.25) is 4.98 Å². The van der Waals surface area contributed by atoms with Gasteiger partial charge in [-0.15, -0.1) is 0 Å². The Morgan fingerprint density at radius 1 is 1.40 bits per heavy atom. The van der Waals surface area contributed by atoms with Crippen LogP contribution in [0.1, 0.15) is 25.5 Å². The fourth-order valence-electron chi connectivity index (χ4n) is 0.805. The Bertz CT molecular complexity index is 272. The summed E-state index contributed by atoms with van der Waals surface area (Å²) in [5, 5.41) is 9.01. The summed E-state index contributed by atoms with van der Waals surface area (Å²) in [6, 6.07) is 0. The van der Waals surface area contributed by atoms with Crippen LogP contribution < -0.4 is 5.69 Å². The summed E-state index contributed by atoms with van der Waals surface area (Å²) in [4.78, 5) is 15.3. The molecule has 10 heavy (non-hydrogen) atoms. The molecule has 0 atom stereocenters. The van der Waals surface area contributed by atoms with Gasteiger partial charge in [-0.25, -0.2) is 4.79 Å². The molecule has 0 amide bonds. The zero-order valence-corrected chi connectivity index (χ0v) is 5.93. The Balaban J connectivity index is 3.15. The minimum atomic E-state index is -0.360. The maximum absolute atomic E-state index is 10.5. The zero-order valence-electron chi connectivity index (χ0n) is 5.93. The van der Waals surface area contributed by atoms with Crippen LogP contribution in [0.3, 0.4) is 0 Å². The van der Waals surface area contributed by atoms with E-state index in [1.165, 1.54) is 0 Å². The molecule has 56 valence electrons. The van der Waals surface area contributed by atoms with Gasteiger partial charge in [0.1, 0.15) is 0 Å². The molecule has 0 fully saturated rings. The Labute approximate surface area is 57.9 Å². The van der Waals surface area contributed by atoms with E-state index in [9.17, 15) is 4.79 Å². The largest absolute Gasteiger partial charge is 0.493 e. The number of hydrogen-bond donors (Lipinski definition) is 3. The smallest absolute Gasteiger partial charge is 0.325 e. The number of H-pyrrole nitrogens is 2. The molecule has 1 heterocycles. The molecule has 3 N–H and O–H groups in total.